The first-order chi connectivity index (χ1) is 10.1. The quantitative estimate of drug-likeness (QED) is 0.817. The summed E-state index contributed by atoms with van der Waals surface area (Å²) in [5, 5.41) is 3.02. The maximum Gasteiger partial charge on any atom is 0.332 e. The van der Waals surface area contributed by atoms with Gasteiger partial charge in [-0.05, 0) is 56.0 Å². The van der Waals surface area contributed by atoms with Gasteiger partial charge in [-0.25, -0.2) is 4.79 Å². The first-order valence-corrected chi connectivity index (χ1v) is 7.77. The second-order valence-electron chi connectivity index (χ2n) is 4.80. The molecule has 4 heteroatoms. The highest BCUT2D eigenvalue weighted by Gasteiger charge is 2.15. The predicted octanol–water partition coefficient (Wildman–Crippen LogP) is 4.86. The van der Waals surface area contributed by atoms with Crippen molar-refractivity contribution in [2.45, 2.75) is 25.7 Å². The van der Waals surface area contributed by atoms with Crippen LogP contribution in [0.5, 0.6) is 0 Å². The summed E-state index contributed by atoms with van der Waals surface area (Å²) in [4.78, 5) is 13.5. The highest BCUT2D eigenvalue weighted by molar-refractivity contribution is 7.97. The van der Waals surface area contributed by atoms with Crippen LogP contribution < -0.4 is 5.32 Å². The van der Waals surface area contributed by atoms with E-state index in [1.54, 1.807) is 4.31 Å². The van der Waals surface area contributed by atoms with Crippen LogP contribution in [0.4, 0.5) is 10.5 Å². The molecule has 0 aliphatic heterocycles. The van der Waals surface area contributed by atoms with Gasteiger partial charge in [-0.2, -0.15) is 0 Å². The van der Waals surface area contributed by atoms with E-state index < -0.39 is 0 Å². The Morgan fingerprint density at radius 3 is 2.24 bits per heavy atom. The maximum atomic E-state index is 12.4. The third-order valence-electron chi connectivity index (χ3n) is 3.19. The summed E-state index contributed by atoms with van der Waals surface area (Å²) in [5.74, 6) is 0. The van der Waals surface area contributed by atoms with Crippen molar-refractivity contribution in [2.24, 2.45) is 0 Å². The first kappa shape index (κ1) is 15.4. The lowest BCUT2D eigenvalue weighted by Crippen LogP contribution is -2.29. The van der Waals surface area contributed by atoms with E-state index in [1.807, 2.05) is 69.3 Å². The number of hydrogen-bond donors (Lipinski definition) is 1. The number of urea groups is 1. The minimum absolute atomic E-state index is 0.0937. The van der Waals surface area contributed by atoms with Gasteiger partial charge in [0.25, 0.3) is 0 Å². The Bertz CT molecular complexity index is 593. The number of amides is 2. The second-order valence-corrected chi connectivity index (χ2v) is 5.89. The van der Waals surface area contributed by atoms with Crippen LogP contribution in [0.15, 0.2) is 53.4 Å². The van der Waals surface area contributed by atoms with E-state index in [0.717, 1.165) is 21.7 Å². The van der Waals surface area contributed by atoms with Crippen LogP contribution in [0.25, 0.3) is 0 Å². The van der Waals surface area contributed by atoms with Crippen molar-refractivity contribution < 1.29 is 4.79 Å². The molecule has 0 spiro atoms. The van der Waals surface area contributed by atoms with Crippen molar-refractivity contribution in [1.82, 2.24) is 4.31 Å². The van der Waals surface area contributed by atoms with Gasteiger partial charge in [-0.3, -0.25) is 4.31 Å². The van der Waals surface area contributed by atoms with Crippen molar-refractivity contribution >= 4 is 23.7 Å². The number of carbonyl (C=O) groups is 1. The topological polar surface area (TPSA) is 32.3 Å². The summed E-state index contributed by atoms with van der Waals surface area (Å²) in [6.07, 6.45) is 0. The molecule has 0 unspecified atom stereocenters. The summed E-state index contributed by atoms with van der Waals surface area (Å²) in [6, 6.07) is 15.8. The van der Waals surface area contributed by atoms with E-state index in [2.05, 4.69) is 5.32 Å². The highest BCUT2D eigenvalue weighted by atomic mass is 32.2. The predicted molar refractivity (Wildman–Crippen MR) is 89.6 cm³/mol. The Morgan fingerprint density at radius 2 is 1.67 bits per heavy atom. The zero-order valence-electron chi connectivity index (χ0n) is 12.6. The number of benzene rings is 2. The van der Waals surface area contributed by atoms with Crippen LogP contribution in [-0.4, -0.2) is 16.9 Å². The molecule has 0 atom stereocenters. The lowest BCUT2D eigenvalue weighted by molar-refractivity contribution is 0.239. The Hall–Kier alpha value is -1.94. The zero-order chi connectivity index (χ0) is 15.2. The number of anilines is 1. The lowest BCUT2D eigenvalue weighted by Gasteiger charge is -2.21. The van der Waals surface area contributed by atoms with Crippen molar-refractivity contribution in [3.05, 3.63) is 59.7 Å². The number of nitrogens with one attached hydrogen (secondary N) is 1. The third-order valence-corrected chi connectivity index (χ3v) is 4.31. The molecule has 0 aliphatic carbocycles. The average Bonchev–Trinajstić information content (AvgIpc) is 2.49. The first-order valence-electron chi connectivity index (χ1n) is 6.99. The van der Waals surface area contributed by atoms with Crippen LogP contribution in [0.2, 0.25) is 0 Å². The Morgan fingerprint density at radius 1 is 1.05 bits per heavy atom. The van der Waals surface area contributed by atoms with E-state index in [4.69, 9.17) is 0 Å². The van der Waals surface area contributed by atoms with Crippen LogP contribution in [0.1, 0.15) is 18.1 Å². The van der Waals surface area contributed by atoms with Gasteiger partial charge in [0.2, 0.25) is 0 Å². The largest absolute Gasteiger partial charge is 0.332 e. The Balaban J connectivity index is 2.10. The van der Waals surface area contributed by atoms with E-state index in [0.29, 0.717) is 6.54 Å². The van der Waals surface area contributed by atoms with Gasteiger partial charge in [-0.15, -0.1) is 0 Å². The molecule has 0 fully saturated rings. The average molecular weight is 300 g/mol. The van der Waals surface area contributed by atoms with E-state index in [-0.39, 0.29) is 6.03 Å². The van der Waals surface area contributed by atoms with Gasteiger partial charge in [0.15, 0.2) is 0 Å². The van der Waals surface area contributed by atoms with Crippen LogP contribution in [0.3, 0.4) is 0 Å². The van der Waals surface area contributed by atoms with Gasteiger partial charge < -0.3 is 5.32 Å². The van der Waals surface area contributed by atoms with E-state index >= 15 is 0 Å². The normalized spacial score (nSPS) is 10.2. The highest BCUT2D eigenvalue weighted by Crippen LogP contribution is 2.25. The minimum atomic E-state index is -0.0937. The number of hydrogen-bond acceptors (Lipinski definition) is 2. The number of carbonyl (C=O) groups excluding carboxylic acids is 1. The Kier molecular flexibility index (Phi) is 5.28. The van der Waals surface area contributed by atoms with E-state index in [1.165, 1.54) is 11.9 Å². The van der Waals surface area contributed by atoms with Crippen molar-refractivity contribution in [3.8, 4) is 0 Å². The fourth-order valence-corrected chi connectivity index (χ4v) is 2.83. The molecule has 2 amide bonds. The summed E-state index contributed by atoms with van der Waals surface area (Å²) in [5.41, 5.74) is 3.04. The number of para-hydroxylation sites is 1. The molecule has 0 radical (unpaired) electrons. The SMILES string of the molecule is CCN(Sc1ccccc1)C(=O)Nc1c(C)cccc1C. The van der Waals surface area contributed by atoms with Crippen molar-refractivity contribution in [2.75, 3.05) is 11.9 Å². The third kappa shape index (κ3) is 4.02. The standard InChI is InChI=1S/C17H20N2OS/c1-4-19(21-15-11-6-5-7-12-15)17(20)18-16-13(2)9-8-10-14(16)3/h5-12H,4H2,1-3H3,(H,18,20). The molecule has 0 saturated heterocycles. The molecule has 0 saturated carbocycles. The zero-order valence-corrected chi connectivity index (χ0v) is 13.4. The van der Waals surface area contributed by atoms with Crippen molar-refractivity contribution in [3.63, 3.8) is 0 Å². The fourth-order valence-electron chi connectivity index (χ4n) is 2.04. The molecular weight excluding hydrogens is 280 g/mol. The molecule has 21 heavy (non-hydrogen) atoms. The van der Waals surface area contributed by atoms with Crippen LogP contribution >= 0.6 is 11.9 Å². The van der Waals surface area contributed by atoms with Gasteiger partial charge in [-0.1, -0.05) is 36.4 Å². The summed E-state index contributed by atoms with van der Waals surface area (Å²) >= 11 is 1.45. The summed E-state index contributed by atoms with van der Waals surface area (Å²) < 4.78 is 1.72. The van der Waals surface area contributed by atoms with Gasteiger partial charge in [0.05, 0.1) is 0 Å². The number of rotatable bonds is 4. The van der Waals surface area contributed by atoms with Crippen LogP contribution in [0, 0.1) is 13.8 Å². The molecule has 2 aromatic rings. The molecule has 1 N–H and O–H groups in total. The summed E-state index contributed by atoms with van der Waals surface area (Å²) in [7, 11) is 0. The monoisotopic (exact) mass is 300 g/mol. The fraction of sp³-hybridized carbons (Fsp3) is 0.235. The smallest absolute Gasteiger partial charge is 0.307 e. The molecular formula is C17H20N2OS. The molecule has 0 heterocycles. The molecule has 3 nitrogen and oxygen atoms in total. The molecule has 110 valence electrons. The second kappa shape index (κ2) is 7.18. The molecule has 2 rings (SSSR count). The molecule has 0 aliphatic rings. The number of nitrogens with zero attached hydrogens (tertiary/aromatic N) is 1. The van der Waals surface area contributed by atoms with E-state index in [9.17, 15) is 4.79 Å². The summed E-state index contributed by atoms with van der Waals surface area (Å²) in [6.45, 7) is 6.61. The van der Waals surface area contributed by atoms with Gasteiger partial charge in [0, 0.05) is 17.1 Å². The number of aryl methyl sites for hydroxylation is 2. The molecule has 0 bridgehead atoms. The van der Waals surface area contributed by atoms with Crippen LogP contribution in [-0.2, 0) is 0 Å². The van der Waals surface area contributed by atoms with Gasteiger partial charge in [0.1, 0.15) is 0 Å². The van der Waals surface area contributed by atoms with Crippen molar-refractivity contribution in [1.29, 1.82) is 0 Å². The maximum absolute atomic E-state index is 12.4. The molecule has 2 aromatic carbocycles. The Labute approximate surface area is 130 Å². The lowest BCUT2D eigenvalue weighted by atomic mass is 10.1. The van der Waals surface area contributed by atoms with Gasteiger partial charge >= 0.3 is 6.03 Å². The minimum Gasteiger partial charge on any atom is -0.307 e. The molecule has 0 aromatic heterocycles.